The monoisotopic (exact) mass is 408 g/mol. The van der Waals surface area contributed by atoms with Crippen LogP contribution in [0.1, 0.15) is 55.8 Å². The number of carbonyl (C=O) groups excluding carboxylic acids is 1. The van der Waals surface area contributed by atoms with Crippen molar-refractivity contribution in [2.75, 3.05) is 33.4 Å². The normalized spacial score (nSPS) is 21.2. The number of sulfonamides is 1. The Morgan fingerprint density at radius 1 is 1.18 bits per heavy atom. The van der Waals surface area contributed by atoms with Gasteiger partial charge in [0.05, 0.1) is 11.5 Å². The van der Waals surface area contributed by atoms with Crippen molar-refractivity contribution in [2.45, 2.75) is 56.4 Å². The van der Waals surface area contributed by atoms with Crippen molar-refractivity contribution < 1.29 is 17.9 Å². The maximum atomic E-state index is 13.1. The predicted molar refractivity (Wildman–Crippen MR) is 109 cm³/mol. The van der Waals surface area contributed by atoms with Gasteiger partial charge in [-0.25, -0.2) is 8.42 Å². The molecule has 1 amide bonds. The third kappa shape index (κ3) is 4.75. The fraction of sp³-hybridized carbons (Fsp3) is 0.667. The van der Waals surface area contributed by atoms with E-state index in [4.69, 9.17) is 4.74 Å². The summed E-state index contributed by atoms with van der Waals surface area (Å²) >= 11 is 0. The van der Waals surface area contributed by atoms with Gasteiger partial charge >= 0.3 is 0 Å². The van der Waals surface area contributed by atoms with Gasteiger partial charge in [-0.05, 0) is 44.4 Å². The van der Waals surface area contributed by atoms with Gasteiger partial charge in [0.15, 0.2) is 0 Å². The van der Waals surface area contributed by atoms with Crippen LogP contribution in [0.4, 0.5) is 0 Å². The van der Waals surface area contributed by atoms with Gasteiger partial charge < -0.3 is 9.64 Å². The van der Waals surface area contributed by atoms with E-state index in [1.165, 1.54) is 16.8 Å². The fourth-order valence-corrected chi connectivity index (χ4v) is 5.64. The Morgan fingerprint density at radius 2 is 1.93 bits per heavy atom. The lowest BCUT2D eigenvalue weighted by atomic mass is 9.96. The Kier molecular flexibility index (Phi) is 7.12. The molecule has 1 aromatic rings. The first-order valence-corrected chi connectivity index (χ1v) is 11.8. The molecular weight excluding hydrogens is 376 g/mol. The molecular formula is C21H32N2O4S. The molecule has 156 valence electrons. The van der Waals surface area contributed by atoms with Gasteiger partial charge in [-0.1, -0.05) is 25.3 Å². The maximum Gasteiger partial charge on any atom is 0.253 e. The molecule has 7 heteroatoms. The molecule has 1 atom stereocenters. The molecule has 1 aliphatic carbocycles. The second-order valence-corrected chi connectivity index (χ2v) is 9.91. The second kappa shape index (κ2) is 9.37. The summed E-state index contributed by atoms with van der Waals surface area (Å²) in [5.74, 6) is 0.236. The highest BCUT2D eigenvalue weighted by molar-refractivity contribution is 7.89. The average Bonchev–Trinajstić information content (AvgIpc) is 3.25. The van der Waals surface area contributed by atoms with E-state index in [1.54, 1.807) is 30.1 Å². The fourth-order valence-electron chi connectivity index (χ4n) is 4.17. The number of nitrogens with zero attached hydrogens (tertiary/aromatic N) is 2. The lowest BCUT2D eigenvalue weighted by Crippen LogP contribution is -2.38. The number of ether oxygens (including phenoxy) is 1. The maximum absolute atomic E-state index is 13.1. The smallest absolute Gasteiger partial charge is 0.253 e. The minimum absolute atomic E-state index is 0.0487. The Hall–Kier alpha value is -1.44. The number of carbonyl (C=O) groups is 1. The van der Waals surface area contributed by atoms with Gasteiger partial charge in [-0.3, -0.25) is 4.79 Å². The molecule has 28 heavy (non-hydrogen) atoms. The second-order valence-electron chi connectivity index (χ2n) is 7.91. The molecule has 2 aliphatic rings. The molecule has 1 saturated carbocycles. The molecule has 0 N–H and O–H groups in total. The first-order chi connectivity index (χ1) is 13.4. The zero-order valence-electron chi connectivity index (χ0n) is 17.0. The minimum atomic E-state index is -3.61. The summed E-state index contributed by atoms with van der Waals surface area (Å²) in [6.45, 7) is 4.62. The first-order valence-electron chi connectivity index (χ1n) is 10.4. The summed E-state index contributed by atoms with van der Waals surface area (Å²) in [5.41, 5.74) is 0.430. The van der Waals surface area contributed by atoms with Crippen LogP contribution in [0.2, 0.25) is 0 Å². The Labute approximate surface area is 168 Å². The van der Waals surface area contributed by atoms with Crippen LogP contribution in [-0.2, 0) is 14.8 Å². The van der Waals surface area contributed by atoms with Crippen LogP contribution in [0.15, 0.2) is 29.2 Å². The summed E-state index contributed by atoms with van der Waals surface area (Å²) in [6.07, 6.45) is 6.08. The van der Waals surface area contributed by atoms with E-state index in [0.717, 1.165) is 38.7 Å². The largest absolute Gasteiger partial charge is 0.381 e. The van der Waals surface area contributed by atoms with Crippen molar-refractivity contribution in [3.63, 3.8) is 0 Å². The number of benzene rings is 1. The molecule has 1 heterocycles. The highest BCUT2D eigenvalue weighted by Crippen LogP contribution is 2.27. The van der Waals surface area contributed by atoms with E-state index in [9.17, 15) is 13.2 Å². The predicted octanol–water partition coefficient (Wildman–Crippen LogP) is 3.14. The van der Waals surface area contributed by atoms with E-state index in [0.29, 0.717) is 31.2 Å². The summed E-state index contributed by atoms with van der Waals surface area (Å²) in [5, 5.41) is 0. The van der Waals surface area contributed by atoms with Crippen molar-refractivity contribution in [3.05, 3.63) is 29.8 Å². The van der Waals surface area contributed by atoms with Crippen molar-refractivity contribution in [1.29, 1.82) is 0 Å². The van der Waals surface area contributed by atoms with E-state index < -0.39 is 10.0 Å². The SMILES string of the molecule is CCN(CC1CCOC1)C(=O)c1cccc(S(=O)(=O)N(C)C2CCCCC2)c1. The molecule has 1 unspecified atom stereocenters. The van der Waals surface area contributed by atoms with Crippen molar-refractivity contribution >= 4 is 15.9 Å². The molecule has 1 aromatic carbocycles. The summed E-state index contributed by atoms with van der Waals surface area (Å²) in [7, 11) is -1.94. The van der Waals surface area contributed by atoms with Crippen molar-refractivity contribution in [1.82, 2.24) is 9.21 Å². The highest BCUT2D eigenvalue weighted by atomic mass is 32.2. The Balaban J connectivity index is 1.77. The molecule has 3 rings (SSSR count). The van der Waals surface area contributed by atoms with Crippen LogP contribution >= 0.6 is 0 Å². The topological polar surface area (TPSA) is 66.9 Å². The van der Waals surface area contributed by atoms with Crippen LogP contribution in [-0.4, -0.2) is 62.9 Å². The zero-order chi connectivity index (χ0) is 20.1. The molecule has 0 radical (unpaired) electrons. The van der Waals surface area contributed by atoms with Gasteiger partial charge in [0, 0.05) is 44.3 Å². The molecule has 0 aromatic heterocycles. The van der Waals surface area contributed by atoms with Crippen molar-refractivity contribution in [3.8, 4) is 0 Å². The van der Waals surface area contributed by atoms with Gasteiger partial charge in [0.2, 0.25) is 10.0 Å². The van der Waals surface area contributed by atoms with Crippen LogP contribution in [0.3, 0.4) is 0 Å². The zero-order valence-corrected chi connectivity index (χ0v) is 17.8. The quantitative estimate of drug-likeness (QED) is 0.695. The van der Waals surface area contributed by atoms with Crippen LogP contribution < -0.4 is 0 Å². The van der Waals surface area contributed by atoms with Gasteiger partial charge in [-0.15, -0.1) is 0 Å². The highest BCUT2D eigenvalue weighted by Gasteiger charge is 2.30. The molecule has 1 aliphatic heterocycles. The van der Waals surface area contributed by atoms with Crippen molar-refractivity contribution in [2.24, 2.45) is 5.92 Å². The Bertz CT molecular complexity index is 768. The average molecular weight is 409 g/mol. The van der Waals surface area contributed by atoms with Crippen LogP contribution in [0, 0.1) is 5.92 Å². The summed E-state index contributed by atoms with van der Waals surface area (Å²) in [6, 6.07) is 6.54. The third-order valence-electron chi connectivity index (χ3n) is 6.02. The molecule has 6 nitrogen and oxygen atoms in total. The lowest BCUT2D eigenvalue weighted by Gasteiger charge is -2.30. The van der Waals surface area contributed by atoms with E-state index in [-0.39, 0.29) is 16.8 Å². The van der Waals surface area contributed by atoms with Crippen LogP contribution in [0.25, 0.3) is 0 Å². The van der Waals surface area contributed by atoms with Gasteiger partial charge in [-0.2, -0.15) is 4.31 Å². The summed E-state index contributed by atoms with van der Waals surface area (Å²) < 4.78 is 33.1. The minimum Gasteiger partial charge on any atom is -0.381 e. The van der Waals surface area contributed by atoms with E-state index >= 15 is 0 Å². The summed E-state index contributed by atoms with van der Waals surface area (Å²) in [4.78, 5) is 15.0. The molecule has 2 fully saturated rings. The van der Waals surface area contributed by atoms with Crippen LogP contribution in [0.5, 0.6) is 0 Å². The Morgan fingerprint density at radius 3 is 2.57 bits per heavy atom. The molecule has 0 bridgehead atoms. The number of hydrogen-bond donors (Lipinski definition) is 0. The standard InChI is InChI=1S/C21H32N2O4S/c1-3-23(15-17-12-13-27-16-17)21(24)18-8-7-11-20(14-18)28(25,26)22(2)19-9-5-4-6-10-19/h7-8,11,14,17,19H,3-6,9-10,12-13,15-16H2,1-2H3. The lowest BCUT2D eigenvalue weighted by molar-refractivity contribution is 0.0730. The van der Waals surface area contributed by atoms with E-state index in [2.05, 4.69) is 0 Å². The molecule has 1 saturated heterocycles. The number of hydrogen-bond acceptors (Lipinski definition) is 4. The number of rotatable bonds is 7. The molecule has 0 spiro atoms. The van der Waals surface area contributed by atoms with E-state index in [1.807, 2.05) is 6.92 Å². The van der Waals surface area contributed by atoms with Gasteiger partial charge in [0.1, 0.15) is 0 Å². The van der Waals surface area contributed by atoms with Gasteiger partial charge in [0.25, 0.3) is 5.91 Å². The third-order valence-corrected chi connectivity index (χ3v) is 7.92. The number of amides is 1. The first kappa shape index (κ1) is 21.3.